The molecule has 0 aromatic rings. The van der Waals surface area contributed by atoms with E-state index in [1.807, 2.05) is 0 Å². The fourth-order valence-electron chi connectivity index (χ4n) is 12.8. The number of ether oxygens (including phenoxy) is 4. The molecule has 17 nitrogen and oxygen atoms in total. The van der Waals surface area contributed by atoms with Crippen molar-refractivity contribution in [2.24, 2.45) is 5.92 Å². The highest BCUT2D eigenvalue weighted by Crippen LogP contribution is 2.45. The van der Waals surface area contributed by atoms with Gasteiger partial charge in [-0.2, -0.15) is 0 Å². The lowest BCUT2D eigenvalue weighted by atomic mass is 10.0. The number of carbonyl (C=O) groups excluding carboxylic acids is 4. The Bertz CT molecular complexity index is 1930. The van der Waals surface area contributed by atoms with Gasteiger partial charge in [-0.05, 0) is 31.6 Å². The van der Waals surface area contributed by atoms with E-state index in [0.717, 1.165) is 95.8 Å². The monoisotopic (exact) mass is 1480 g/mol. The molecule has 0 aliphatic carbocycles. The van der Waals surface area contributed by atoms with E-state index < -0.39 is 97.5 Å². The summed E-state index contributed by atoms with van der Waals surface area (Å²) in [4.78, 5) is 73.1. The summed E-state index contributed by atoms with van der Waals surface area (Å²) in [5, 5.41) is 10.6. The van der Waals surface area contributed by atoms with Crippen LogP contribution in [0.2, 0.25) is 0 Å². The minimum Gasteiger partial charge on any atom is -0.462 e. The van der Waals surface area contributed by atoms with Gasteiger partial charge in [0.1, 0.15) is 19.3 Å². The summed E-state index contributed by atoms with van der Waals surface area (Å²) < 4.78 is 68.8. The van der Waals surface area contributed by atoms with Crippen molar-refractivity contribution in [3.63, 3.8) is 0 Å². The summed E-state index contributed by atoms with van der Waals surface area (Å²) in [7, 11) is -9.92. The molecule has 0 rings (SSSR count). The lowest BCUT2D eigenvalue weighted by Gasteiger charge is -2.21. The smallest absolute Gasteiger partial charge is 0.462 e. The third-order valence-electron chi connectivity index (χ3n) is 19.3. The van der Waals surface area contributed by atoms with Gasteiger partial charge in [0, 0.05) is 25.7 Å². The first-order valence-corrected chi connectivity index (χ1v) is 45.6. The topological polar surface area (TPSA) is 237 Å². The molecule has 0 radical (unpaired) electrons. The number of esters is 4. The molecular weight excluding hydrogens is 1320 g/mol. The number of hydrogen-bond acceptors (Lipinski definition) is 15. The zero-order valence-corrected chi connectivity index (χ0v) is 67.8. The maximum Gasteiger partial charge on any atom is 0.472 e. The summed E-state index contributed by atoms with van der Waals surface area (Å²) in [5.74, 6) is -1.30. The van der Waals surface area contributed by atoms with Crippen molar-refractivity contribution in [3.8, 4) is 0 Å². The van der Waals surface area contributed by atoms with Crippen molar-refractivity contribution >= 4 is 39.5 Å². The maximum absolute atomic E-state index is 13.1. The third kappa shape index (κ3) is 76.1. The molecule has 2 unspecified atom stereocenters. The molecule has 5 atom stereocenters. The van der Waals surface area contributed by atoms with Crippen LogP contribution in [0.15, 0.2) is 0 Å². The van der Waals surface area contributed by atoms with E-state index in [1.54, 1.807) is 0 Å². The molecule has 0 spiro atoms. The van der Waals surface area contributed by atoms with Gasteiger partial charge in [0.15, 0.2) is 12.2 Å². The van der Waals surface area contributed by atoms with Gasteiger partial charge in [-0.25, -0.2) is 9.13 Å². The van der Waals surface area contributed by atoms with Gasteiger partial charge in [0.2, 0.25) is 0 Å². The second kappa shape index (κ2) is 74.9. The van der Waals surface area contributed by atoms with Crippen LogP contribution in [0.1, 0.15) is 439 Å². The standard InChI is InChI=1S/C82H160O17P2/c1-6-9-12-15-18-21-24-26-27-28-29-30-33-38-43-48-53-58-63-68-82(87)99-78(72-93-80(85)66-61-56-51-46-41-37-34-31-32-36-40-44-49-54-59-64-75(4)5)74-97-101(90,91)95-70-76(83)69-94-100(88,89)96-73-77(71-92-79(84)65-60-55-50-45-39-23-20-17-14-11-8-3)98-81(86)67-62-57-52-47-42-35-25-22-19-16-13-10-7-2/h75-78,83H,6-74H2,1-5H3,(H,88,89)(H,90,91)/t76-,77+,78+/m0/s1. The van der Waals surface area contributed by atoms with Crippen molar-refractivity contribution in [1.82, 2.24) is 0 Å². The van der Waals surface area contributed by atoms with Crippen LogP contribution in [0.25, 0.3) is 0 Å². The average molecular weight is 1480 g/mol. The summed E-state index contributed by atoms with van der Waals surface area (Å²) in [6.45, 7) is 7.37. The van der Waals surface area contributed by atoms with Crippen LogP contribution in [0.4, 0.5) is 0 Å². The summed E-state index contributed by atoms with van der Waals surface area (Å²) in [5.41, 5.74) is 0. The minimum atomic E-state index is -4.96. The fourth-order valence-corrected chi connectivity index (χ4v) is 14.3. The number of hydrogen-bond donors (Lipinski definition) is 3. The van der Waals surface area contributed by atoms with Gasteiger partial charge in [0.05, 0.1) is 26.4 Å². The molecule has 0 bridgehead atoms. The Morgan fingerprint density at radius 2 is 0.455 bits per heavy atom. The van der Waals surface area contributed by atoms with Crippen LogP contribution < -0.4 is 0 Å². The molecule has 0 amide bonds. The highest BCUT2D eigenvalue weighted by atomic mass is 31.2. The van der Waals surface area contributed by atoms with E-state index in [1.165, 1.54) is 263 Å². The van der Waals surface area contributed by atoms with Crippen LogP contribution in [-0.2, 0) is 65.4 Å². The number of phosphoric ester groups is 2. The van der Waals surface area contributed by atoms with Crippen LogP contribution in [0.3, 0.4) is 0 Å². The molecule has 0 saturated heterocycles. The van der Waals surface area contributed by atoms with E-state index >= 15 is 0 Å². The molecule has 0 aliphatic heterocycles. The van der Waals surface area contributed by atoms with Crippen molar-refractivity contribution in [1.29, 1.82) is 0 Å². The first-order valence-electron chi connectivity index (χ1n) is 42.6. The largest absolute Gasteiger partial charge is 0.472 e. The van der Waals surface area contributed by atoms with Gasteiger partial charge < -0.3 is 33.8 Å². The molecule has 600 valence electrons. The first kappa shape index (κ1) is 99.1. The quantitative estimate of drug-likeness (QED) is 0.0222. The Balaban J connectivity index is 5.23. The summed E-state index contributed by atoms with van der Waals surface area (Å²) >= 11 is 0. The molecule has 0 saturated carbocycles. The number of unbranched alkanes of at least 4 members (excludes halogenated alkanes) is 54. The van der Waals surface area contributed by atoms with Crippen molar-refractivity contribution in [2.45, 2.75) is 457 Å². The molecule has 19 heteroatoms. The van der Waals surface area contributed by atoms with Crippen molar-refractivity contribution in [3.05, 3.63) is 0 Å². The van der Waals surface area contributed by atoms with Gasteiger partial charge in [-0.3, -0.25) is 37.3 Å². The molecule has 3 N–H and O–H groups in total. The van der Waals surface area contributed by atoms with E-state index in [-0.39, 0.29) is 25.7 Å². The first-order chi connectivity index (χ1) is 49.0. The zero-order valence-electron chi connectivity index (χ0n) is 66.1. The number of phosphoric acid groups is 2. The zero-order chi connectivity index (χ0) is 74.1. The Kier molecular flexibility index (Phi) is 73.5. The second-order valence-corrected chi connectivity index (χ2v) is 32.9. The van der Waals surface area contributed by atoms with Gasteiger partial charge in [-0.15, -0.1) is 0 Å². The minimum absolute atomic E-state index is 0.108. The number of aliphatic hydroxyl groups is 1. The van der Waals surface area contributed by atoms with Crippen molar-refractivity contribution < 1.29 is 80.2 Å². The average Bonchev–Trinajstić information content (AvgIpc) is 0.922. The maximum atomic E-state index is 13.1. The molecule has 0 aliphatic rings. The SMILES string of the molecule is CCCCCCCCCCCCCCCCCCCCCC(=O)O[C@H](COC(=O)CCCCCCCCCCCCCCCCCC(C)C)COP(=O)(O)OC[C@@H](O)COP(=O)(O)OC[C@@H](COC(=O)CCCCCCCCCCCCC)OC(=O)CCCCCCCCCCCCCCC. The van der Waals surface area contributed by atoms with E-state index in [4.69, 9.17) is 37.0 Å². The van der Waals surface area contributed by atoms with Crippen molar-refractivity contribution in [2.75, 3.05) is 39.6 Å². The van der Waals surface area contributed by atoms with Crippen LogP contribution in [-0.4, -0.2) is 96.7 Å². The second-order valence-electron chi connectivity index (χ2n) is 30.0. The van der Waals surface area contributed by atoms with Gasteiger partial charge in [-0.1, -0.05) is 388 Å². The van der Waals surface area contributed by atoms with Crippen LogP contribution in [0.5, 0.6) is 0 Å². The highest BCUT2D eigenvalue weighted by Gasteiger charge is 2.30. The Hall–Kier alpha value is -1.94. The molecule has 0 aromatic carbocycles. The molecular formula is C82H160O17P2. The normalized spacial score (nSPS) is 13.8. The van der Waals surface area contributed by atoms with Crippen LogP contribution in [0, 0.1) is 5.92 Å². The fraction of sp³-hybridized carbons (Fsp3) is 0.951. The van der Waals surface area contributed by atoms with E-state index in [0.29, 0.717) is 25.7 Å². The summed E-state index contributed by atoms with van der Waals surface area (Å²) in [6, 6.07) is 0. The molecule has 0 heterocycles. The Morgan fingerprint density at radius 3 is 0.673 bits per heavy atom. The number of carbonyl (C=O) groups is 4. The lowest BCUT2D eigenvalue weighted by molar-refractivity contribution is -0.161. The lowest BCUT2D eigenvalue weighted by Crippen LogP contribution is -2.30. The van der Waals surface area contributed by atoms with E-state index in [2.05, 4.69) is 34.6 Å². The Labute approximate surface area is 619 Å². The van der Waals surface area contributed by atoms with Gasteiger partial charge in [0.25, 0.3) is 0 Å². The molecule has 0 fully saturated rings. The van der Waals surface area contributed by atoms with Crippen LogP contribution >= 0.6 is 15.6 Å². The van der Waals surface area contributed by atoms with Gasteiger partial charge >= 0.3 is 39.5 Å². The predicted molar refractivity (Wildman–Crippen MR) is 414 cm³/mol. The predicted octanol–water partition coefficient (Wildman–Crippen LogP) is 24.8. The Morgan fingerprint density at radius 1 is 0.267 bits per heavy atom. The highest BCUT2D eigenvalue weighted by molar-refractivity contribution is 7.47. The van der Waals surface area contributed by atoms with E-state index in [9.17, 15) is 43.2 Å². The molecule has 101 heavy (non-hydrogen) atoms. The number of aliphatic hydroxyl groups excluding tert-OH is 1. The third-order valence-corrected chi connectivity index (χ3v) is 21.2. The summed E-state index contributed by atoms with van der Waals surface area (Å²) in [6.07, 6.45) is 66.5. The molecule has 0 aromatic heterocycles. The number of rotatable bonds is 82.